The average molecular weight is 333 g/mol. The first kappa shape index (κ1) is 22.7. The van der Waals surface area contributed by atoms with Gasteiger partial charge in [0.1, 0.15) is 12.5 Å². The van der Waals surface area contributed by atoms with Crippen LogP contribution < -0.4 is 31.9 Å². The van der Waals surface area contributed by atoms with Crippen molar-refractivity contribution in [1.82, 2.24) is 31.9 Å². The first-order chi connectivity index (χ1) is 11.1. The summed E-state index contributed by atoms with van der Waals surface area (Å²) >= 11 is 0. The van der Waals surface area contributed by atoms with E-state index in [0.717, 1.165) is 38.8 Å². The third-order valence-electron chi connectivity index (χ3n) is 4.27. The zero-order valence-electron chi connectivity index (χ0n) is 16.0. The topological polar surface area (TPSA) is 81.4 Å². The second-order valence-electron chi connectivity index (χ2n) is 5.92. The maximum Gasteiger partial charge on any atom is 0.111 e. The van der Waals surface area contributed by atoms with Crippen LogP contribution in [0.15, 0.2) is 0 Å². The highest BCUT2D eigenvalue weighted by molar-refractivity contribution is 4.74. The zero-order valence-corrected chi connectivity index (χ0v) is 16.0. The van der Waals surface area contributed by atoms with Crippen LogP contribution in [0.2, 0.25) is 0 Å². The zero-order chi connectivity index (χ0) is 17.5. The van der Waals surface area contributed by atoms with Crippen molar-refractivity contribution < 1.29 is 4.74 Å². The van der Waals surface area contributed by atoms with Gasteiger partial charge >= 0.3 is 0 Å². The molecule has 7 heteroatoms. The Morgan fingerprint density at radius 1 is 0.609 bits per heavy atom. The van der Waals surface area contributed by atoms with Gasteiger partial charge in [-0.25, -0.2) is 0 Å². The first-order valence-corrected chi connectivity index (χ1v) is 8.78. The Hall–Kier alpha value is -0.280. The summed E-state index contributed by atoms with van der Waals surface area (Å²) in [5, 5.41) is 19.7. The van der Waals surface area contributed by atoms with E-state index in [4.69, 9.17) is 4.74 Å². The van der Waals surface area contributed by atoms with Gasteiger partial charge in [0.25, 0.3) is 0 Å². The van der Waals surface area contributed by atoms with Gasteiger partial charge in [-0.05, 0) is 68.2 Å². The van der Waals surface area contributed by atoms with E-state index in [1.807, 2.05) is 42.3 Å². The lowest BCUT2D eigenvalue weighted by Crippen LogP contribution is -2.45. The molecule has 0 spiro atoms. The summed E-state index contributed by atoms with van der Waals surface area (Å²) in [6, 6.07) is 0.864. The molecule has 0 fully saturated rings. The van der Waals surface area contributed by atoms with Crippen molar-refractivity contribution in [3.05, 3.63) is 0 Å². The molecule has 0 aromatic heterocycles. The molecule has 0 amide bonds. The van der Waals surface area contributed by atoms with Gasteiger partial charge in [0.15, 0.2) is 0 Å². The lowest BCUT2D eigenvalue weighted by atomic mass is 10.1. The highest BCUT2D eigenvalue weighted by Gasteiger charge is 2.20. The molecule has 6 N–H and O–H groups in total. The molecule has 140 valence electrons. The summed E-state index contributed by atoms with van der Waals surface area (Å²) in [5.41, 5.74) is 0. The highest BCUT2D eigenvalue weighted by atomic mass is 16.5. The fourth-order valence-electron chi connectivity index (χ4n) is 2.60. The molecule has 0 saturated carbocycles. The quantitative estimate of drug-likeness (QED) is 0.208. The van der Waals surface area contributed by atoms with Crippen molar-refractivity contribution in [1.29, 1.82) is 0 Å². The molecule has 0 radical (unpaired) electrons. The molecule has 0 saturated heterocycles. The van der Waals surface area contributed by atoms with Gasteiger partial charge in [-0.3, -0.25) is 10.6 Å². The van der Waals surface area contributed by atoms with Crippen LogP contribution in [0.25, 0.3) is 0 Å². The summed E-state index contributed by atoms with van der Waals surface area (Å²) in [7, 11) is 11.9. The summed E-state index contributed by atoms with van der Waals surface area (Å²) in [5.74, 6) is 0. The van der Waals surface area contributed by atoms with Crippen LogP contribution in [0.4, 0.5) is 0 Å². The Bertz CT molecular complexity index is 233. The maximum absolute atomic E-state index is 6.23. The summed E-state index contributed by atoms with van der Waals surface area (Å²) < 4.78 is 6.23. The SMILES string of the molecule is CNCCC(CC(NC)OC(CC(CCNC)NC)NC)NC. The molecule has 0 aromatic rings. The highest BCUT2D eigenvalue weighted by Crippen LogP contribution is 2.10. The number of nitrogens with one attached hydrogen (secondary N) is 6. The first-order valence-electron chi connectivity index (χ1n) is 8.78. The van der Waals surface area contributed by atoms with Crippen LogP contribution in [0.1, 0.15) is 25.7 Å². The minimum atomic E-state index is 0.0311. The third-order valence-corrected chi connectivity index (χ3v) is 4.27. The van der Waals surface area contributed by atoms with Gasteiger partial charge in [-0.1, -0.05) is 0 Å². The molecule has 0 aliphatic heterocycles. The van der Waals surface area contributed by atoms with E-state index in [0.29, 0.717) is 12.1 Å². The monoisotopic (exact) mass is 332 g/mol. The van der Waals surface area contributed by atoms with Crippen LogP contribution in [0.3, 0.4) is 0 Å². The molecule has 0 aliphatic carbocycles. The number of hydrogen-bond donors (Lipinski definition) is 6. The Labute approximate surface area is 143 Å². The van der Waals surface area contributed by atoms with Crippen molar-refractivity contribution >= 4 is 0 Å². The van der Waals surface area contributed by atoms with Crippen molar-refractivity contribution in [2.75, 3.05) is 55.4 Å². The third kappa shape index (κ3) is 11.0. The summed E-state index contributed by atoms with van der Waals surface area (Å²) in [6.07, 6.45) is 4.11. The van der Waals surface area contributed by atoms with Crippen LogP contribution >= 0.6 is 0 Å². The molecular weight excluding hydrogens is 292 g/mol. The molecular formula is C16H40N6O. The molecule has 23 heavy (non-hydrogen) atoms. The average Bonchev–Trinajstić information content (AvgIpc) is 2.59. The fraction of sp³-hybridized carbons (Fsp3) is 1.00. The number of hydrogen-bond acceptors (Lipinski definition) is 7. The van der Waals surface area contributed by atoms with Crippen molar-refractivity contribution in [2.24, 2.45) is 0 Å². The van der Waals surface area contributed by atoms with Gasteiger partial charge in [-0.15, -0.1) is 0 Å². The number of rotatable bonds is 16. The van der Waals surface area contributed by atoms with E-state index in [-0.39, 0.29) is 12.5 Å². The fourth-order valence-corrected chi connectivity index (χ4v) is 2.60. The van der Waals surface area contributed by atoms with Crippen LogP contribution in [0.5, 0.6) is 0 Å². The molecule has 0 heterocycles. The van der Waals surface area contributed by atoms with E-state index in [9.17, 15) is 0 Å². The van der Waals surface area contributed by atoms with Crippen molar-refractivity contribution in [3.8, 4) is 0 Å². The standard InChI is InChI=1S/C16H40N6O/c1-17-9-7-13(19-3)11-15(21-5)23-16(22-6)12-14(20-4)8-10-18-2/h13-22H,7-12H2,1-6H3. The van der Waals surface area contributed by atoms with Gasteiger partial charge in [0.2, 0.25) is 0 Å². The summed E-state index contributed by atoms with van der Waals surface area (Å²) in [6.45, 7) is 2.01. The van der Waals surface area contributed by atoms with E-state index in [1.54, 1.807) is 0 Å². The van der Waals surface area contributed by atoms with Crippen LogP contribution in [0, 0.1) is 0 Å². The predicted octanol–water partition coefficient (Wildman–Crippen LogP) is -0.731. The molecule has 4 unspecified atom stereocenters. The van der Waals surface area contributed by atoms with Crippen LogP contribution in [-0.4, -0.2) is 79.9 Å². The number of ether oxygens (including phenoxy) is 1. The van der Waals surface area contributed by atoms with Gasteiger partial charge in [0.05, 0.1) is 0 Å². The van der Waals surface area contributed by atoms with Crippen molar-refractivity contribution in [2.45, 2.75) is 50.2 Å². The van der Waals surface area contributed by atoms with Gasteiger partial charge in [-0.2, -0.15) is 0 Å². The van der Waals surface area contributed by atoms with E-state index in [1.165, 1.54) is 0 Å². The predicted molar refractivity (Wildman–Crippen MR) is 98.8 cm³/mol. The minimum Gasteiger partial charge on any atom is -0.345 e. The molecule has 0 aromatic carbocycles. The smallest absolute Gasteiger partial charge is 0.111 e. The molecule has 4 atom stereocenters. The van der Waals surface area contributed by atoms with Crippen LogP contribution in [-0.2, 0) is 4.74 Å². The molecule has 0 bridgehead atoms. The van der Waals surface area contributed by atoms with E-state index in [2.05, 4.69) is 31.9 Å². The Morgan fingerprint density at radius 3 is 1.26 bits per heavy atom. The van der Waals surface area contributed by atoms with Gasteiger partial charge < -0.3 is 26.0 Å². The lowest BCUT2D eigenvalue weighted by Gasteiger charge is -2.29. The Kier molecular flexibility index (Phi) is 15.1. The Morgan fingerprint density at radius 2 is 1.00 bits per heavy atom. The summed E-state index contributed by atoms with van der Waals surface area (Å²) in [4.78, 5) is 0. The van der Waals surface area contributed by atoms with E-state index >= 15 is 0 Å². The Balaban J connectivity index is 4.41. The molecule has 0 rings (SSSR count). The largest absolute Gasteiger partial charge is 0.345 e. The second kappa shape index (κ2) is 15.3. The van der Waals surface area contributed by atoms with Gasteiger partial charge in [0, 0.05) is 24.9 Å². The second-order valence-corrected chi connectivity index (χ2v) is 5.92. The van der Waals surface area contributed by atoms with E-state index < -0.39 is 0 Å². The molecule has 0 aliphatic rings. The van der Waals surface area contributed by atoms with Crippen molar-refractivity contribution in [3.63, 3.8) is 0 Å². The molecule has 7 nitrogen and oxygen atoms in total. The normalized spacial score (nSPS) is 17.0. The lowest BCUT2D eigenvalue weighted by molar-refractivity contribution is -0.0549. The minimum absolute atomic E-state index is 0.0311. The maximum atomic E-state index is 6.23.